The molecule has 0 aliphatic carbocycles. The molecule has 0 atom stereocenters. The van der Waals surface area contributed by atoms with Crippen LogP contribution in [0.1, 0.15) is 11.4 Å². The number of rotatable bonds is 3. The quantitative estimate of drug-likeness (QED) is 0.538. The Hall–Kier alpha value is -2.85. The molecular weight excluding hydrogens is 332 g/mol. The maximum absolute atomic E-state index is 6.10. The van der Waals surface area contributed by atoms with Crippen LogP contribution in [0.3, 0.4) is 0 Å². The normalized spacial score (nSPS) is 11.0. The minimum Gasteiger partial charge on any atom is -0.340 e. The lowest BCUT2D eigenvalue weighted by Crippen LogP contribution is -2.02. The molecule has 2 aromatic carbocycles. The third-order valence-electron chi connectivity index (χ3n) is 4.05. The van der Waals surface area contributed by atoms with Crippen LogP contribution in [0.15, 0.2) is 60.7 Å². The van der Waals surface area contributed by atoms with Gasteiger partial charge in [0.2, 0.25) is 0 Å². The van der Waals surface area contributed by atoms with Gasteiger partial charge in [-0.15, -0.1) is 0 Å². The molecule has 4 rings (SSSR count). The molecule has 2 heterocycles. The fraction of sp³-hybridized carbons (Fsp3) is 0.100. The maximum Gasteiger partial charge on any atom is 0.165 e. The van der Waals surface area contributed by atoms with E-state index in [2.05, 4.69) is 17.4 Å². The number of hydrogen-bond acceptors (Lipinski definition) is 3. The predicted molar refractivity (Wildman–Crippen MR) is 103 cm³/mol. The second-order valence-corrected chi connectivity index (χ2v) is 6.42. The van der Waals surface area contributed by atoms with Crippen LogP contribution in [-0.4, -0.2) is 14.6 Å². The molecule has 0 unspecified atom stereocenters. The van der Waals surface area contributed by atoms with Crippen molar-refractivity contribution in [2.24, 2.45) is 0 Å². The van der Waals surface area contributed by atoms with Crippen LogP contribution in [-0.2, 0) is 0 Å². The third-order valence-corrected chi connectivity index (χ3v) is 4.29. The molecule has 25 heavy (non-hydrogen) atoms. The van der Waals surface area contributed by atoms with Gasteiger partial charge < -0.3 is 5.32 Å². The molecule has 4 nitrogen and oxygen atoms in total. The zero-order valence-electron chi connectivity index (χ0n) is 14.0. The zero-order valence-corrected chi connectivity index (χ0v) is 14.7. The van der Waals surface area contributed by atoms with Gasteiger partial charge in [0.1, 0.15) is 5.82 Å². The van der Waals surface area contributed by atoms with Crippen LogP contribution in [0.2, 0.25) is 5.02 Å². The summed E-state index contributed by atoms with van der Waals surface area (Å²) in [6.07, 6.45) is 0. The van der Waals surface area contributed by atoms with Crippen LogP contribution in [0.25, 0.3) is 16.8 Å². The standard InChI is InChI=1S/C20H17ClN4/c1-13-11-18(23-17-10-6-9-16(21)12-17)25-20(22-13)19(14(2)24-25)15-7-4-3-5-8-15/h3-12,23H,1-2H3. The van der Waals surface area contributed by atoms with E-state index in [1.165, 1.54) is 0 Å². The van der Waals surface area contributed by atoms with Gasteiger partial charge in [-0.1, -0.05) is 48.0 Å². The summed E-state index contributed by atoms with van der Waals surface area (Å²) in [6, 6.07) is 19.8. The Bertz CT molecular complexity index is 1050. The number of halogens is 1. The van der Waals surface area contributed by atoms with Gasteiger partial charge in [0.15, 0.2) is 5.65 Å². The van der Waals surface area contributed by atoms with Crippen molar-refractivity contribution in [1.29, 1.82) is 0 Å². The van der Waals surface area contributed by atoms with Gasteiger partial charge in [0.25, 0.3) is 0 Å². The number of aromatic nitrogens is 3. The first-order valence-corrected chi connectivity index (χ1v) is 8.44. The summed E-state index contributed by atoms with van der Waals surface area (Å²) in [5.41, 5.74) is 5.79. The Morgan fingerprint density at radius 1 is 0.960 bits per heavy atom. The Morgan fingerprint density at radius 2 is 1.76 bits per heavy atom. The molecule has 4 aromatic rings. The summed E-state index contributed by atoms with van der Waals surface area (Å²) in [4.78, 5) is 4.73. The predicted octanol–water partition coefficient (Wildman–Crippen LogP) is 5.41. The average molecular weight is 349 g/mol. The lowest BCUT2D eigenvalue weighted by molar-refractivity contribution is 0.917. The van der Waals surface area contributed by atoms with Gasteiger partial charge in [0.05, 0.1) is 5.69 Å². The van der Waals surface area contributed by atoms with Crippen LogP contribution in [0.5, 0.6) is 0 Å². The first-order chi connectivity index (χ1) is 12.1. The van der Waals surface area contributed by atoms with E-state index in [9.17, 15) is 0 Å². The molecule has 1 N–H and O–H groups in total. The highest BCUT2D eigenvalue weighted by Gasteiger charge is 2.16. The molecule has 0 bridgehead atoms. The Kier molecular flexibility index (Phi) is 3.90. The monoisotopic (exact) mass is 348 g/mol. The number of anilines is 2. The van der Waals surface area contributed by atoms with Crippen molar-refractivity contribution in [1.82, 2.24) is 14.6 Å². The highest BCUT2D eigenvalue weighted by atomic mass is 35.5. The summed E-state index contributed by atoms with van der Waals surface area (Å²) < 4.78 is 1.85. The van der Waals surface area contributed by atoms with Crippen LogP contribution >= 0.6 is 11.6 Å². The van der Waals surface area contributed by atoms with Gasteiger partial charge >= 0.3 is 0 Å². The van der Waals surface area contributed by atoms with Crippen LogP contribution in [0, 0.1) is 13.8 Å². The number of hydrogen-bond donors (Lipinski definition) is 1. The average Bonchev–Trinajstić information content (AvgIpc) is 2.92. The molecule has 0 saturated heterocycles. The van der Waals surface area contributed by atoms with Crippen molar-refractivity contribution in [3.8, 4) is 11.1 Å². The molecule has 0 aliphatic heterocycles. The summed E-state index contributed by atoms with van der Waals surface area (Å²) in [5.74, 6) is 0.857. The van der Waals surface area contributed by atoms with Gasteiger partial charge in [-0.25, -0.2) is 4.98 Å². The molecule has 124 valence electrons. The first-order valence-electron chi connectivity index (χ1n) is 8.07. The minimum absolute atomic E-state index is 0.689. The summed E-state index contributed by atoms with van der Waals surface area (Å²) in [5, 5.41) is 8.79. The lowest BCUT2D eigenvalue weighted by Gasteiger charge is -2.10. The zero-order chi connectivity index (χ0) is 17.4. The van der Waals surface area contributed by atoms with Crippen molar-refractivity contribution < 1.29 is 0 Å². The molecule has 0 radical (unpaired) electrons. The molecule has 0 fully saturated rings. The fourth-order valence-corrected chi connectivity index (χ4v) is 3.18. The van der Waals surface area contributed by atoms with Gasteiger partial charge in [-0.05, 0) is 37.6 Å². The van der Waals surface area contributed by atoms with Gasteiger partial charge in [0, 0.05) is 28.0 Å². The van der Waals surface area contributed by atoms with E-state index in [1.807, 2.05) is 66.9 Å². The smallest absolute Gasteiger partial charge is 0.165 e. The second kappa shape index (κ2) is 6.22. The van der Waals surface area contributed by atoms with Crippen molar-refractivity contribution in [3.63, 3.8) is 0 Å². The number of nitrogens with one attached hydrogen (secondary N) is 1. The minimum atomic E-state index is 0.689. The van der Waals surface area contributed by atoms with E-state index >= 15 is 0 Å². The molecule has 5 heteroatoms. The molecule has 0 aliphatic rings. The van der Waals surface area contributed by atoms with E-state index in [-0.39, 0.29) is 0 Å². The number of aryl methyl sites for hydroxylation is 2. The first kappa shape index (κ1) is 15.7. The molecule has 0 saturated carbocycles. The Labute approximate surface area is 151 Å². The van der Waals surface area contributed by atoms with Crippen molar-refractivity contribution in [2.75, 3.05) is 5.32 Å². The summed E-state index contributed by atoms with van der Waals surface area (Å²) >= 11 is 6.10. The van der Waals surface area contributed by atoms with E-state index in [0.717, 1.165) is 39.7 Å². The lowest BCUT2D eigenvalue weighted by atomic mass is 10.1. The third kappa shape index (κ3) is 2.96. The number of nitrogens with zero attached hydrogens (tertiary/aromatic N) is 3. The topological polar surface area (TPSA) is 42.2 Å². The Balaban J connectivity index is 1.89. The van der Waals surface area contributed by atoms with Crippen LogP contribution < -0.4 is 5.32 Å². The molecule has 0 amide bonds. The SMILES string of the molecule is Cc1cc(Nc2cccc(Cl)c2)n2nc(C)c(-c3ccccc3)c2n1. The molecule has 2 aromatic heterocycles. The highest BCUT2D eigenvalue weighted by molar-refractivity contribution is 6.30. The number of fused-ring (bicyclic) bond motifs is 1. The van der Waals surface area contributed by atoms with Crippen molar-refractivity contribution >= 4 is 28.8 Å². The van der Waals surface area contributed by atoms with Crippen LogP contribution in [0.4, 0.5) is 11.5 Å². The van der Waals surface area contributed by atoms with E-state index in [4.69, 9.17) is 21.7 Å². The Morgan fingerprint density at radius 3 is 2.52 bits per heavy atom. The number of benzene rings is 2. The van der Waals surface area contributed by atoms with E-state index in [0.29, 0.717) is 5.02 Å². The second-order valence-electron chi connectivity index (χ2n) is 5.98. The summed E-state index contributed by atoms with van der Waals surface area (Å²) in [6.45, 7) is 4.00. The van der Waals surface area contributed by atoms with Gasteiger partial charge in [-0.2, -0.15) is 9.61 Å². The van der Waals surface area contributed by atoms with E-state index in [1.54, 1.807) is 0 Å². The molecule has 0 spiro atoms. The van der Waals surface area contributed by atoms with Crippen molar-refractivity contribution in [3.05, 3.63) is 77.1 Å². The fourth-order valence-electron chi connectivity index (χ4n) is 2.99. The highest BCUT2D eigenvalue weighted by Crippen LogP contribution is 2.30. The molecular formula is C20H17ClN4. The summed E-state index contributed by atoms with van der Waals surface area (Å²) in [7, 11) is 0. The van der Waals surface area contributed by atoms with E-state index < -0.39 is 0 Å². The van der Waals surface area contributed by atoms with Crippen molar-refractivity contribution in [2.45, 2.75) is 13.8 Å². The maximum atomic E-state index is 6.10. The largest absolute Gasteiger partial charge is 0.340 e. The van der Waals surface area contributed by atoms with Gasteiger partial charge in [-0.3, -0.25) is 0 Å².